The van der Waals surface area contributed by atoms with Gasteiger partial charge in [0.15, 0.2) is 11.6 Å². The van der Waals surface area contributed by atoms with Gasteiger partial charge in [0.1, 0.15) is 5.82 Å². The van der Waals surface area contributed by atoms with Crippen molar-refractivity contribution in [3.8, 4) is 56.9 Å². The number of hydrogen-bond donors (Lipinski definition) is 0. The first-order valence-electron chi connectivity index (χ1n) is 24.8. The van der Waals surface area contributed by atoms with E-state index < -0.39 is 0 Å². The number of nitrogens with zero attached hydrogens (tertiary/aromatic N) is 6. The monoisotopic (exact) mass is 978 g/mol. The minimum absolute atomic E-state index is 0.566. The molecule has 0 radical (unpaired) electrons. The molecule has 0 amide bonds. The molecule has 11 aromatic carbocycles. The number of hydrogen-bond acceptors (Lipinski definition) is 6. The Morgan fingerprint density at radius 3 is 1.58 bits per heavy atom. The van der Waals surface area contributed by atoms with Crippen LogP contribution in [-0.4, -0.2) is 29.1 Å². The Bertz CT molecular complexity index is 4830. The van der Waals surface area contributed by atoms with Crippen molar-refractivity contribution in [1.82, 2.24) is 29.1 Å². The SMILES string of the molecule is c1ccc(-n2c(-c3ccc(-c4cc5c6c7ccccc7ccc6n(-c6nc(-c7ccc8c(c7)sc7ccccc78)nc(-c7ccc8c(c7)sc7ccccc78)n6)c5c5ccccc45)cc3)nc3ccccc32)cc1. The van der Waals surface area contributed by atoms with Crippen molar-refractivity contribution in [3.63, 3.8) is 0 Å². The summed E-state index contributed by atoms with van der Waals surface area (Å²) in [7, 11) is 0. The molecule has 6 nitrogen and oxygen atoms in total. The van der Waals surface area contributed by atoms with Gasteiger partial charge < -0.3 is 0 Å². The van der Waals surface area contributed by atoms with E-state index in [-0.39, 0.29) is 0 Å². The van der Waals surface area contributed by atoms with Crippen LogP contribution in [0.1, 0.15) is 0 Å². The Kier molecular flexibility index (Phi) is 8.98. The van der Waals surface area contributed by atoms with Gasteiger partial charge in [-0.15, -0.1) is 22.7 Å². The van der Waals surface area contributed by atoms with E-state index in [4.69, 9.17) is 19.9 Å². The van der Waals surface area contributed by atoms with E-state index in [0.717, 1.165) is 82.9 Å². The summed E-state index contributed by atoms with van der Waals surface area (Å²) in [6.45, 7) is 0. The number of fused-ring (bicyclic) bond motifs is 14. The minimum Gasteiger partial charge on any atom is -0.292 e. The molecule has 74 heavy (non-hydrogen) atoms. The summed E-state index contributed by atoms with van der Waals surface area (Å²) in [5, 5.41) is 11.9. The fourth-order valence-corrected chi connectivity index (χ4v) is 13.7. The van der Waals surface area contributed by atoms with Crippen LogP contribution in [0.2, 0.25) is 0 Å². The highest BCUT2D eigenvalue weighted by molar-refractivity contribution is 7.26. The largest absolute Gasteiger partial charge is 0.292 e. The van der Waals surface area contributed by atoms with Gasteiger partial charge in [-0.3, -0.25) is 9.13 Å². The van der Waals surface area contributed by atoms with Crippen LogP contribution in [0.3, 0.4) is 0 Å². The molecule has 0 aliphatic heterocycles. The predicted octanol–water partition coefficient (Wildman–Crippen LogP) is 18.0. The molecule has 0 aliphatic carbocycles. The molecule has 0 saturated carbocycles. The molecule has 0 spiro atoms. The van der Waals surface area contributed by atoms with E-state index in [0.29, 0.717) is 17.6 Å². The van der Waals surface area contributed by atoms with Crippen molar-refractivity contribution in [2.45, 2.75) is 0 Å². The molecule has 0 unspecified atom stereocenters. The van der Waals surface area contributed by atoms with Crippen LogP contribution in [0.5, 0.6) is 0 Å². The highest BCUT2D eigenvalue weighted by atomic mass is 32.1. The van der Waals surface area contributed by atoms with Crippen molar-refractivity contribution in [3.05, 3.63) is 231 Å². The Balaban J connectivity index is 0.937. The molecule has 0 bridgehead atoms. The molecule has 0 aliphatic rings. The van der Waals surface area contributed by atoms with Crippen LogP contribution >= 0.6 is 22.7 Å². The van der Waals surface area contributed by atoms with Crippen molar-refractivity contribution in [2.75, 3.05) is 0 Å². The first kappa shape index (κ1) is 41.3. The fraction of sp³-hybridized carbons (Fsp3) is 0. The maximum absolute atomic E-state index is 5.52. The minimum atomic E-state index is 0.566. The lowest BCUT2D eigenvalue weighted by atomic mass is 9.94. The third-order valence-electron chi connectivity index (χ3n) is 14.8. The highest BCUT2D eigenvalue weighted by Crippen LogP contribution is 2.45. The van der Waals surface area contributed by atoms with Gasteiger partial charge in [0.2, 0.25) is 5.95 Å². The van der Waals surface area contributed by atoms with Crippen LogP contribution in [0.15, 0.2) is 231 Å². The molecule has 16 rings (SSSR count). The molecule has 0 atom stereocenters. The average Bonchev–Trinajstić information content (AvgIpc) is 4.24. The predicted molar refractivity (Wildman–Crippen MR) is 311 cm³/mol. The molecule has 5 heterocycles. The van der Waals surface area contributed by atoms with Gasteiger partial charge in [0.25, 0.3) is 0 Å². The van der Waals surface area contributed by atoms with Gasteiger partial charge in [-0.05, 0) is 87.9 Å². The van der Waals surface area contributed by atoms with Gasteiger partial charge in [0.05, 0.1) is 22.1 Å². The zero-order valence-corrected chi connectivity index (χ0v) is 41.1. The number of para-hydroxylation sites is 3. The van der Waals surface area contributed by atoms with Crippen LogP contribution < -0.4 is 0 Å². The van der Waals surface area contributed by atoms with E-state index in [9.17, 15) is 0 Å². The molecular formula is C66H38N6S2. The number of benzene rings is 11. The number of aromatic nitrogens is 6. The summed E-state index contributed by atoms with van der Waals surface area (Å²) in [6.07, 6.45) is 0. The van der Waals surface area contributed by atoms with Crippen molar-refractivity contribution >= 4 is 117 Å². The molecule has 344 valence electrons. The number of imidazole rings is 1. The van der Waals surface area contributed by atoms with Gasteiger partial charge >= 0.3 is 0 Å². The van der Waals surface area contributed by atoms with Crippen LogP contribution in [-0.2, 0) is 0 Å². The fourth-order valence-electron chi connectivity index (χ4n) is 11.4. The Hall–Kier alpha value is -9.34. The lowest BCUT2D eigenvalue weighted by molar-refractivity contribution is 0.956. The Morgan fingerprint density at radius 1 is 0.324 bits per heavy atom. The maximum atomic E-state index is 5.52. The van der Waals surface area contributed by atoms with Gasteiger partial charge in [-0.2, -0.15) is 9.97 Å². The Morgan fingerprint density at radius 2 is 0.878 bits per heavy atom. The second kappa shape index (κ2) is 16.1. The second-order valence-electron chi connectivity index (χ2n) is 19.0. The van der Waals surface area contributed by atoms with Gasteiger partial charge in [-0.1, -0.05) is 170 Å². The lowest BCUT2D eigenvalue weighted by Crippen LogP contribution is -2.06. The summed E-state index contributed by atoms with van der Waals surface area (Å²) >= 11 is 3.61. The van der Waals surface area contributed by atoms with E-state index in [1.54, 1.807) is 22.7 Å². The summed E-state index contributed by atoms with van der Waals surface area (Å²) in [4.78, 5) is 21.6. The van der Waals surface area contributed by atoms with E-state index in [1.807, 2.05) is 0 Å². The quantitative estimate of drug-likeness (QED) is 0.167. The molecule has 0 N–H and O–H groups in total. The number of rotatable bonds is 6. The normalized spacial score (nSPS) is 12.1. The van der Waals surface area contributed by atoms with Crippen molar-refractivity contribution < 1.29 is 0 Å². The molecule has 0 saturated heterocycles. The van der Waals surface area contributed by atoms with Gasteiger partial charge in [0, 0.05) is 78.9 Å². The summed E-state index contributed by atoms with van der Waals surface area (Å²) < 4.78 is 9.47. The van der Waals surface area contributed by atoms with Crippen molar-refractivity contribution in [2.24, 2.45) is 0 Å². The third-order valence-corrected chi connectivity index (χ3v) is 17.1. The van der Waals surface area contributed by atoms with Crippen LogP contribution in [0.4, 0.5) is 0 Å². The lowest BCUT2D eigenvalue weighted by Gasteiger charge is -2.14. The molecular weight excluding hydrogens is 941 g/mol. The van der Waals surface area contributed by atoms with Gasteiger partial charge in [-0.25, -0.2) is 9.97 Å². The molecule has 0 fully saturated rings. The second-order valence-corrected chi connectivity index (χ2v) is 21.1. The smallest absolute Gasteiger partial charge is 0.238 e. The topological polar surface area (TPSA) is 61.4 Å². The van der Waals surface area contributed by atoms with Crippen LogP contribution in [0, 0.1) is 0 Å². The van der Waals surface area contributed by atoms with Crippen molar-refractivity contribution in [1.29, 1.82) is 0 Å². The summed E-state index contributed by atoms with van der Waals surface area (Å²) in [5.74, 6) is 2.72. The summed E-state index contributed by atoms with van der Waals surface area (Å²) in [6, 6.07) is 82.7. The average molecular weight is 979 g/mol. The Labute approximate surface area is 431 Å². The van der Waals surface area contributed by atoms with E-state index in [2.05, 4.69) is 240 Å². The first-order chi connectivity index (χ1) is 36.7. The van der Waals surface area contributed by atoms with E-state index in [1.165, 1.54) is 51.1 Å². The summed E-state index contributed by atoms with van der Waals surface area (Å²) in [5.41, 5.74) is 10.4. The molecule has 16 aromatic rings. The van der Waals surface area contributed by atoms with Crippen LogP contribution in [0.25, 0.3) is 152 Å². The maximum Gasteiger partial charge on any atom is 0.238 e. The van der Waals surface area contributed by atoms with E-state index >= 15 is 0 Å². The number of thiophene rings is 2. The highest BCUT2D eigenvalue weighted by Gasteiger charge is 2.24. The first-order valence-corrected chi connectivity index (χ1v) is 26.4. The third kappa shape index (κ3) is 6.29. The molecule has 8 heteroatoms. The zero-order valence-electron chi connectivity index (χ0n) is 39.4. The zero-order chi connectivity index (χ0) is 48.4. The standard InChI is InChI=1S/C66H38N6S2/c1-2-15-44(16-3-1)71-55-23-11-10-22-54(55)67-65(71)41-28-26-40(27-29-41)52-38-53-61-45-17-5-4-14-39(45)32-35-56(61)72(62(53)51-21-7-6-18-46(51)52)66-69-63(42-30-33-49-47-19-8-12-24-57(47)73-59(49)36-42)68-64(70-66)43-31-34-50-48-20-9-13-25-58(48)74-60(50)37-43/h1-38H. The molecule has 5 aromatic heterocycles.